The molecule has 1 aromatic rings. The summed E-state index contributed by atoms with van der Waals surface area (Å²) in [7, 11) is -3.23. The third-order valence-electron chi connectivity index (χ3n) is 3.35. The van der Waals surface area contributed by atoms with E-state index in [1.54, 1.807) is 0 Å². The van der Waals surface area contributed by atoms with Gasteiger partial charge in [-0.1, -0.05) is 25.8 Å². The van der Waals surface area contributed by atoms with Crippen molar-refractivity contribution in [2.75, 3.05) is 13.4 Å². The molecule has 0 unspecified atom stereocenters. The van der Waals surface area contributed by atoms with Gasteiger partial charge >= 0.3 is 12.1 Å². The van der Waals surface area contributed by atoms with E-state index in [1.165, 1.54) is 6.07 Å². The maximum atomic E-state index is 13.4. The molecule has 0 saturated heterocycles. The summed E-state index contributed by atoms with van der Waals surface area (Å²) in [6.45, 7) is 1.93. The number of sulfone groups is 1. The number of unbranched alkanes of at least 4 members (excludes halogenated alkanes) is 2. The van der Waals surface area contributed by atoms with Crippen LogP contribution in [0.3, 0.4) is 0 Å². The summed E-state index contributed by atoms with van der Waals surface area (Å²) in [6.07, 6.45) is -1.90. The molecule has 0 aromatic heterocycles. The fourth-order valence-electron chi connectivity index (χ4n) is 2.37. The fraction of sp³-hybridized carbons (Fsp3) is 0.533. The molecule has 0 spiro atoms. The SMILES string of the molecule is CCCCCc1ccc(C(=O)OC)c(C(F)(F)F)c1S(C)(=O)=O. The summed E-state index contributed by atoms with van der Waals surface area (Å²) in [5, 5.41) is 0. The van der Waals surface area contributed by atoms with Gasteiger partial charge in [-0.2, -0.15) is 13.2 Å². The van der Waals surface area contributed by atoms with E-state index < -0.39 is 38.0 Å². The van der Waals surface area contributed by atoms with Crippen LogP contribution < -0.4 is 0 Å². The van der Waals surface area contributed by atoms with E-state index in [9.17, 15) is 26.4 Å². The highest BCUT2D eigenvalue weighted by Gasteiger charge is 2.41. The Morgan fingerprint density at radius 3 is 2.26 bits per heavy atom. The molecule has 23 heavy (non-hydrogen) atoms. The number of aryl methyl sites for hydroxylation is 1. The quantitative estimate of drug-likeness (QED) is 0.579. The van der Waals surface area contributed by atoms with Crippen LogP contribution in [0, 0.1) is 0 Å². The topological polar surface area (TPSA) is 60.4 Å². The molecule has 4 nitrogen and oxygen atoms in total. The largest absolute Gasteiger partial charge is 0.465 e. The molecule has 0 aliphatic rings. The van der Waals surface area contributed by atoms with E-state index in [-0.39, 0.29) is 12.0 Å². The van der Waals surface area contributed by atoms with Crippen LogP contribution in [-0.2, 0) is 27.2 Å². The minimum atomic E-state index is -4.98. The van der Waals surface area contributed by atoms with Crippen molar-refractivity contribution in [3.63, 3.8) is 0 Å². The fourth-order valence-corrected chi connectivity index (χ4v) is 3.62. The minimum absolute atomic E-state index is 0.0703. The molecule has 1 aromatic carbocycles. The van der Waals surface area contributed by atoms with Crippen molar-refractivity contribution in [3.05, 3.63) is 28.8 Å². The molecular weight excluding hydrogens is 333 g/mol. The summed E-state index contributed by atoms with van der Waals surface area (Å²) in [5.41, 5.74) is -2.17. The molecule has 0 bridgehead atoms. The predicted octanol–water partition coefficient (Wildman–Crippen LogP) is 3.63. The zero-order chi connectivity index (χ0) is 17.8. The molecular formula is C15H19F3O4S. The van der Waals surface area contributed by atoms with E-state index in [0.29, 0.717) is 12.7 Å². The maximum absolute atomic E-state index is 13.4. The lowest BCUT2D eigenvalue weighted by molar-refractivity contribution is -0.140. The number of hydrogen-bond donors (Lipinski definition) is 0. The van der Waals surface area contributed by atoms with Gasteiger partial charge < -0.3 is 4.74 Å². The van der Waals surface area contributed by atoms with Crippen molar-refractivity contribution in [2.45, 2.75) is 43.7 Å². The lowest BCUT2D eigenvalue weighted by Crippen LogP contribution is -2.20. The summed E-state index contributed by atoms with van der Waals surface area (Å²) in [5.74, 6) is -1.22. The molecule has 1 rings (SSSR count). The van der Waals surface area contributed by atoms with Crippen LogP contribution in [0.1, 0.15) is 47.7 Å². The Morgan fingerprint density at radius 2 is 1.83 bits per heavy atom. The van der Waals surface area contributed by atoms with Crippen molar-refractivity contribution < 1.29 is 31.1 Å². The Kier molecular flexibility index (Phi) is 6.21. The first kappa shape index (κ1) is 19.5. The lowest BCUT2D eigenvalue weighted by atomic mass is 9.99. The zero-order valence-corrected chi connectivity index (χ0v) is 14.0. The molecule has 0 fully saturated rings. The highest BCUT2D eigenvalue weighted by atomic mass is 32.2. The molecule has 0 aliphatic carbocycles. The van der Waals surface area contributed by atoms with E-state index in [4.69, 9.17) is 0 Å². The van der Waals surface area contributed by atoms with Gasteiger partial charge in [-0.15, -0.1) is 0 Å². The zero-order valence-electron chi connectivity index (χ0n) is 13.2. The van der Waals surface area contributed by atoms with Crippen LogP contribution >= 0.6 is 0 Å². The number of carbonyl (C=O) groups is 1. The second-order valence-electron chi connectivity index (χ2n) is 5.19. The van der Waals surface area contributed by atoms with E-state index in [0.717, 1.165) is 26.0 Å². The third-order valence-corrected chi connectivity index (χ3v) is 4.56. The van der Waals surface area contributed by atoms with E-state index in [2.05, 4.69) is 4.74 Å². The molecule has 0 radical (unpaired) electrons. The highest BCUT2D eigenvalue weighted by molar-refractivity contribution is 7.90. The Hall–Kier alpha value is -1.57. The molecule has 8 heteroatoms. The van der Waals surface area contributed by atoms with Gasteiger partial charge in [0, 0.05) is 6.26 Å². The van der Waals surface area contributed by atoms with Gasteiger partial charge in [0.2, 0.25) is 0 Å². The van der Waals surface area contributed by atoms with Gasteiger partial charge in [0.05, 0.1) is 23.1 Å². The first-order valence-corrected chi connectivity index (χ1v) is 8.94. The van der Waals surface area contributed by atoms with Crippen LogP contribution in [-0.4, -0.2) is 27.8 Å². The van der Waals surface area contributed by atoms with Gasteiger partial charge in [-0.05, 0) is 24.5 Å². The number of rotatable bonds is 6. The van der Waals surface area contributed by atoms with Crippen molar-refractivity contribution in [1.29, 1.82) is 0 Å². The number of benzene rings is 1. The number of esters is 1. The molecule has 0 aliphatic heterocycles. The van der Waals surface area contributed by atoms with Gasteiger partial charge in [0.25, 0.3) is 0 Å². The Bertz CT molecular complexity index is 679. The van der Waals surface area contributed by atoms with Crippen LogP contribution in [0.2, 0.25) is 0 Å². The average molecular weight is 352 g/mol. The predicted molar refractivity (Wildman–Crippen MR) is 79.1 cm³/mol. The molecule has 0 atom stereocenters. The molecule has 0 saturated carbocycles. The molecule has 0 N–H and O–H groups in total. The van der Waals surface area contributed by atoms with Crippen molar-refractivity contribution in [1.82, 2.24) is 0 Å². The summed E-state index contributed by atoms with van der Waals surface area (Å²) in [4.78, 5) is 10.8. The van der Waals surface area contributed by atoms with Gasteiger partial charge in [0.15, 0.2) is 9.84 Å². The molecule has 0 heterocycles. The highest BCUT2D eigenvalue weighted by Crippen LogP contribution is 2.39. The molecule has 130 valence electrons. The van der Waals surface area contributed by atoms with Crippen molar-refractivity contribution in [2.24, 2.45) is 0 Å². The first-order chi connectivity index (χ1) is 10.5. The average Bonchev–Trinajstić information content (AvgIpc) is 2.44. The van der Waals surface area contributed by atoms with Crippen LogP contribution in [0.5, 0.6) is 0 Å². The number of halogens is 3. The monoisotopic (exact) mass is 352 g/mol. The van der Waals surface area contributed by atoms with Crippen LogP contribution in [0.15, 0.2) is 17.0 Å². The van der Waals surface area contributed by atoms with Crippen LogP contribution in [0.25, 0.3) is 0 Å². The first-order valence-electron chi connectivity index (χ1n) is 7.05. The van der Waals surface area contributed by atoms with Crippen molar-refractivity contribution >= 4 is 15.8 Å². The maximum Gasteiger partial charge on any atom is 0.418 e. The Balaban J connectivity index is 3.68. The number of ether oxygens (including phenoxy) is 1. The second kappa shape index (κ2) is 7.33. The van der Waals surface area contributed by atoms with Crippen LogP contribution in [0.4, 0.5) is 13.2 Å². The smallest absolute Gasteiger partial charge is 0.418 e. The van der Waals surface area contributed by atoms with Gasteiger partial charge in [0.1, 0.15) is 0 Å². The number of alkyl halides is 3. The summed E-state index contributed by atoms with van der Waals surface area (Å²) >= 11 is 0. The van der Waals surface area contributed by atoms with Gasteiger partial charge in [-0.25, -0.2) is 13.2 Å². The van der Waals surface area contributed by atoms with Gasteiger partial charge in [-0.3, -0.25) is 0 Å². The summed E-state index contributed by atoms with van der Waals surface area (Å²) in [6, 6.07) is 2.23. The second-order valence-corrected chi connectivity index (χ2v) is 7.15. The minimum Gasteiger partial charge on any atom is -0.465 e. The lowest BCUT2D eigenvalue weighted by Gasteiger charge is -2.18. The normalized spacial score (nSPS) is 12.3. The standard InChI is InChI=1S/C15H19F3O4S/c1-4-5-6-7-10-8-9-11(14(19)22-2)12(15(16,17)18)13(10)23(3,20)21/h8-9H,4-7H2,1-3H3. The summed E-state index contributed by atoms with van der Waals surface area (Å²) < 4.78 is 68.6. The number of methoxy groups -OCH3 is 1. The Labute approximate surface area is 133 Å². The third kappa shape index (κ3) is 4.70. The number of carbonyl (C=O) groups excluding carboxylic acids is 1. The van der Waals surface area contributed by atoms with E-state index in [1.807, 2.05) is 6.92 Å². The molecule has 0 amide bonds. The Morgan fingerprint density at radius 1 is 1.22 bits per heavy atom. The number of hydrogen-bond acceptors (Lipinski definition) is 4. The van der Waals surface area contributed by atoms with E-state index >= 15 is 0 Å². The van der Waals surface area contributed by atoms with Crippen molar-refractivity contribution in [3.8, 4) is 0 Å².